The molecule has 23 heavy (non-hydrogen) atoms. The van der Waals surface area contributed by atoms with Gasteiger partial charge < -0.3 is 15.2 Å². The zero-order valence-electron chi connectivity index (χ0n) is 14.2. The lowest BCUT2D eigenvalue weighted by Crippen LogP contribution is -2.36. The Morgan fingerprint density at radius 2 is 1.83 bits per heavy atom. The molecule has 0 unspecified atom stereocenters. The van der Waals surface area contributed by atoms with Crippen molar-refractivity contribution in [1.82, 2.24) is 15.8 Å². The van der Waals surface area contributed by atoms with Gasteiger partial charge in [-0.25, -0.2) is 0 Å². The molecule has 1 heterocycles. The highest BCUT2D eigenvalue weighted by atomic mass is 16.5. The highest BCUT2D eigenvalue weighted by molar-refractivity contribution is 5.79. The quantitative estimate of drug-likeness (QED) is 0.607. The number of hydrogen-bond acceptors (Lipinski definition) is 3. The Kier molecular flexibility index (Phi) is 6.66. The summed E-state index contributed by atoms with van der Waals surface area (Å²) in [6, 6.07) is 12.3. The lowest BCUT2D eigenvalue weighted by Gasteiger charge is -2.10. The van der Waals surface area contributed by atoms with Crippen LogP contribution in [0.15, 0.2) is 45.9 Å². The molecule has 0 amide bonds. The van der Waals surface area contributed by atoms with E-state index in [-0.39, 0.29) is 0 Å². The number of hydrogen-bond donors (Lipinski definition) is 2. The molecule has 0 atom stereocenters. The van der Waals surface area contributed by atoms with Gasteiger partial charge in [-0.1, -0.05) is 49.3 Å². The molecule has 2 rings (SSSR count). The van der Waals surface area contributed by atoms with Gasteiger partial charge in [0, 0.05) is 25.6 Å². The molecule has 1 aromatic heterocycles. The van der Waals surface area contributed by atoms with Crippen LogP contribution in [0, 0.1) is 0 Å². The highest BCUT2D eigenvalue weighted by Gasteiger charge is 2.13. The van der Waals surface area contributed by atoms with E-state index in [1.165, 1.54) is 5.56 Å². The molecule has 2 aromatic rings. The van der Waals surface area contributed by atoms with Crippen molar-refractivity contribution in [3.05, 3.63) is 53.4 Å². The van der Waals surface area contributed by atoms with Crippen LogP contribution in [0.3, 0.4) is 0 Å². The average Bonchev–Trinajstić information content (AvgIpc) is 3.06. The average molecular weight is 314 g/mol. The maximum absolute atomic E-state index is 5.41. The van der Waals surface area contributed by atoms with Crippen LogP contribution < -0.4 is 10.6 Å². The van der Waals surface area contributed by atoms with E-state index in [0.717, 1.165) is 36.8 Å². The molecule has 1 aromatic carbocycles. The minimum atomic E-state index is 0.475. The highest BCUT2D eigenvalue weighted by Crippen LogP contribution is 2.22. The number of nitrogens with one attached hydrogen (secondary N) is 2. The second-order valence-electron chi connectivity index (χ2n) is 5.50. The fourth-order valence-corrected chi connectivity index (χ4v) is 2.48. The van der Waals surface area contributed by atoms with E-state index in [0.29, 0.717) is 12.5 Å². The second kappa shape index (κ2) is 8.98. The van der Waals surface area contributed by atoms with Crippen molar-refractivity contribution in [2.75, 3.05) is 7.05 Å². The monoisotopic (exact) mass is 314 g/mol. The van der Waals surface area contributed by atoms with E-state index < -0.39 is 0 Å². The van der Waals surface area contributed by atoms with Crippen LogP contribution in [-0.4, -0.2) is 18.2 Å². The molecular formula is C18H26N4O. The summed E-state index contributed by atoms with van der Waals surface area (Å²) < 4.78 is 5.41. The SMILES string of the molecule is CCC(CC)c1cc(CNC(=NC)NCc2ccccc2)on1. The van der Waals surface area contributed by atoms with Gasteiger partial charge in [0.25, 0.3) is 0 Å². The number of guanidine groups is 1. The molecular weight excluding hydrogens is 288 g/mol. The molecule has 0 saturated carbocycles. The van der Waals surface area contributed by atoms with Gasteiger partial charge in [0.15, 0.2) is 11.7 Å². The van der Waals surface area contributed by atoms with Gasteiger partial charge in [-0.05, 0) is 18.4 Å². The summed E-state index contributed by atoms with van der Waals surface area (Å²) in [6.07, 6.45) is 2.16. The topological polar surface area (TPSA) is 62.5 Å². The van der Waals surface area contributed by atoms with Crippen LogP contribution in [0.25, 0.3) is 0 Å². The van der Waals surface area contributed by atoms with Gasteiger partial charge in [-0.2, -0.15) is 0 Å². The van der Waals surface area contributed by atoms with Crippen molar-refractivity contribution < 1.29 is 4.52 Å². The molecule has 0 saturated heterocycles. The van der Waals surface area contributed by atoms with Gasteiger partial charge in [0.2, 0.25) is 0 Å². The zero-order chi connectivity index (χ0) is 16.5. The van der Waals surface area contributed by atoms with Gasteiger partial charge in [0.05, 0.1) is 12.2 Å². The summed E-state index contributed by atoms with van der Waals surface area (Å²) in [4.78, 5) is 4.22. The zero-order valence-corrected chi connectivity index (χ0v) is 14.2. The first kappa shape index (κ1) is 17.1. The summed E-state index contributed by atoms with van der Waals surface area (Å²) in [5, 5.41) is 10.7. The van der Waals surface area contributed by atoms with Gasteiger partial charge in [-0.3, -0.25) is 4.99 Å². The van der Waals surface area contributed by atoms with E-state index in [1.54, 1.807) is 7.05 Å². The predicted octanol–water partition coefficient (Wildman–Crippen LogP) is 3.44. The van der Waals surface area contributed by atoms with Gasteiger partial charge in [0.1, 0.15) is 0 Å². The Morgan fingerprint density at radius 3 is 2.48 bits per heavy atom. The maximum Gasteiger partial charge on any atom is 0.191 e. The summed E-state index contributed by atoms with van der Waals surface area (Å²) >= 11 is 0. The predicted molar refractivity (Wildman–Crippen MR) is 93.3 cm³/mol. The Hall–Kier alpha value is -2.30. The van der Waals surface area contributed by atoms with Crippen LogP contribution in [0.4, 0.5) is 0 Å². The van der Waals surface area contributed by atoms with E-state index in [2.05, 4.69) is 46.8 Å². The van der Waals surface area contributed by atoms with Crippen molar-refractivity contribution in [3.8, 4) is 0 Å². The summed E-state index contributed by atoms with van der Waals surface area (Å²) in [6.45, 7) is 5.66. The Bertz CT molecular complexity index is 602. The number of nitrogens with zero attached hydrogens (tertiary/aromatic N) is 2. The molecule has 5 nitrogen and oxygen atoms in total. The standard InChI is InChI=1S/C18H26N4O/c1-4-15(5-2)17-11-16(23-22-17)13-21-18(19-3)20-12-14-9-7-6-8-10-14/h6-11,15H,4-5,12-13H2,1-3H3,(H2,19,20,21). The minimum Gasteiger partial charge on any atom is -0.359 e. The molecule has 0 aliphatic heterocycles. The molecule has 0 bridgehead atoms. The van der Waals surface area contributed by atoms with Crippen LogP contribution in [0.2, 0.25) is 0 Å². The number of rotatable bonds is 7. The minimum absolute atomic E-state index is 0.475. The van der Waals surface area contributed by atoms with Crippen molar-refractivity contribution in [2.24, 2.45) is 4.99 Å². The fraction of sp³-hybridized carbons (Fsp3) is 0.444. The first-order valence-corrected chi connectivity index (χ1v) is 8.20. The lowest BCUT2D eigenvalue weighted by atomic mass is 9.99. The number of benzene rings is 1. The van der Waals surface area contributed by atoms with E-state index in [9.17, 15) is 0 Å². The second-order valence-corrected chi connectivity index (χ2v) is 5.50. The molecule has 0 aliphatic rings. The largest absolute Gasteiger partial charge is 0.359 e. The molecule has 0 fully saturated rings. The van der Waals surface area contributed by atoms with Crippen LogP contribution in [0.1, 0.15) is 49.6 Å². The molecule has 0 spiro atoms. The third-order valence-corrected chi connectivity index (χ3v) is 3.94. The van der Waals surface area contributed by atoms with Gasteiger partial charge in [-0.15, -0.1) is 0 Å². The van der Waals surface area contributed by atoms with Gasteiger partial charge >= 0.3 is 0 Å². The molecule has 2 N–H and O–H groups in total. The van der Waals surface area contributed by atoms with E-state index >= 15 is 0 Å². The fourth-order valence-electron chi connectivity index (χ4n) is 2.48. The lowest BCUT2D eigenvalue weighted by molar-refractivity contribution is 0.368. The molecule has 0 aliphatic carbocycles. The molecule has 5 heteroatoms. The first-order chi connectivity index (χ1) is 11.3. The van der Waals surface area contributed by atoms with Crippen molar-refractivity contribution >= 4 is 5.96 Å². The third kappa shape index (κ3) is 5.13. The van der Waals surface area contributed by atoms with Crippen LogP contribution in [0.5, 0.6) is 0 Å². The maximum atomic E-state index is 5.41. The summed E-state index contributed by atoms with van der Waals surface area (Å²) in [5.41, 5.74) is 2.25. The van der Waals surface area contributed by atoms with E-state index in [1.807, 2.05) is 24.3 Å². The Labute approximate surface area is 138 Å². The summed E-state index contributed by atoms with van der Waals surface area (Å²) in [5.74, 6) is 2.05. The van der Waals surface area contributed by atoms with Crippen molar-refractivity contribution in [3.63, 3.8) is 0 Å². The van der Waals surface area contributed by atoms with Crippen molar-refractivity contribution in [2.45, 2.75) is 45.7 Å². The smallest absolute Gasteiger partial charge is 0.191 e. The number of aliphatic imine (C=N–C) groups is 1. The van der Waals surface area contributed by atoms with E-state index in [4.69, 9.17) is 4.52 Å². The Morgan fingerprint density at radius 1 is 1.13 bits per heavy atom. The van der Waals surface area contributed by atoms with Crippen LogP contribution in [-0.2, 0) is 13.1 Å². The molecule has 124 valence electrons. The van der Waals surface area contributed by atoms with Crippen molar-refractivity contribution in [1.29, 1.82) is 0 Å². The molecule has 0 radical (unpaired) electrons. The van der Waals surface area contributed by atoms with Crippen LogP contribution >= 0.6 is 0 Å². The normalized spacial score (nSPS) is 11.7. The first-order valence-electron chi connectivity index (χ1n) is 8.20. The third-order valence-electron chi connectivity index (χ3n) is 3.94. The number of aromatic nitrogens is 1. The summed E-state index contributed by atoms with van der Waals surface area (Å²) in [7, 11) is 1.76. The Balaban J connectivity index is 1.84.